The zero-order chi connectivity index (χ0) is 22.5. The fourth-order valence-corrected chi connectivity index (χ4v) is 4.62. The van der Waals surface area contributed by atoms with Gasteiger partial charge in [-0.15, -0.1) is 5.10 Å². The minimum absolute atomic E-state index is 0.281. The van der Waals surface area contributed by atoms with Gasteiger partial charge < -0.3 is 15.2 Å². The summed E-state index contributed by atoms with van der Waals surface area (Å²) in [5.74, 6) is -1.57. The molecule has 2 aromatic heterocycles. The third-order valence-corrected chi connectivity index (χ3v) is 6.34. The van der Waals surface area contributed by atoms with Crippen molar-refractivity contribution in [3.63, 3.8) is 0 Å². The molecule has 3 N–H and O–H groups in total. The van der Waals surface area contributed by atoms with Crippen LogP contribution in [0.15, 0.2) is 30.5 Å². The van der Waals surface area contributed by atoms with Gasteiger partial charge in [-0.05, 0) is 62.8 Å². The molecule has 1 aliphatic carbocycles. The van der Waals surface area contributed by atoms with E-state index < -0.39 is 17.2 Å². The van der Waals surface area contributed by atoms with E-state index in [0.717, 1.165) is 17.7 Å². The summed E-state index contributed by atoms with van der Waals surface area (Å²) in [6.45, 7) is 4.34. The normalized spacial score (nSPS) is 15.8. The first-order chi connectivity index (χ1) is 15.4. The lowest BCUT2D eigenvalue weighted by atomic mass is 10.0. The van der Waals surface area contributed by atoms with Gasteiger partial charge in [0.05, 0.1) is 11.1 Å². The molecule has 0 radical (unpaired) electrons. The minimum Gasteiger partial charge on any atom is -0.340 e. The van der Waals surface area contributed by atoms with Gasteiger partial charge in [-0.25, -0.2) is 0 Å². The number of carbonyl (C=O) groups excluding carboxylic acids is 3. The fourth-order valence-electron chi connectivity index (χ4n) is 4.62. The minimum atomic E-state index is -0.681. The monoisotopic (exact) mass is 432 g/mol. The largest absolute Gasteiger partial charge is 0.340 e. The SMILES string of the molecule is Cc1cccc(NC(=O)c2c(C)c(C(=O)C(=O)NC3(c4c[nH]nn4)CC3)c3n2CCC3)c1. The van der Waals surface area contributed by atoms with Crippen molar-refractivity contribution >= 4 is 23.3 Å². The first-order valence-electron chi connectivity index (χ1n) is 10.7. The van der Waals surface area contributed by atoms with E-state index in [4.69, 9.17) is 0 Å². The van der Waals surface area contributed by atoms with Crippen molar-refractivity contribution in [1.29, 1.82) is 0 Å². The van der Waals surface area contributed by atoms with E-state index in [9.17, 15) is 14.4 Å². The van der Waals surface area contributed by atoms with Gasteiger partial charge in [0.1, 0.15) is 11.4 Å². The standard InChI is InChI=1S/C23H24N6O3/c1-13-5-3-6-15(11-13)25-21(31)19-14(2)18(16-7-4-10-29(16)19)20(30)22(32)26-23(8-9-23)17-12-24-28-27-17/h3,5-6,11-12H,4,7-10H2,1-2H3,(H,25,31)(H,26,32)(H,24,27,28). The number of aryl methyl sites for hydroxylation is 1. The Morgan fingerprint density at radius 3 is 2.69 bits per heavy atom. The van der Waals surface area contributed by atoms with Crippen molar-refractivity contribution < 1.29 is 14.4 Å². The Morgan fingerprint density at radius 2 is 2.00 bits per heavy atom. The summed E-state index contributed by atoms with van der Waals surface area (Å²) in [7, 11) is 0. The highest BCUT2D eigenvalue weighted by Gasteiger charge is 2.49. The number of hydrogen-bond acceptors (Lipinski definition) is 5. The number of H-pyrrole nitrogens is 1. The van der Waals surface area contributed by atoms with E-state index in [0.29, 0.717) is 54.0 Å². The Labute approximate surface area is 184 Å². The Kier molecular flexibility index (Phi) is 4.69. The molecule has 0 unspecified atom stereocenters. The summed E-state index contributed by atoms with van der Waals surface area (Å²) in [5, 5.41) is 16.1. The predicted octanol–water partition coefficient (Wildman–Crippen LogP) is 2.41. The smallest absolute Gasteiger partial charge is 0.293 e. The molecule has 2 aliphatic rings. The maximum Gasteiger partial charge on any atom is 0.293 e. The molecule has 1 aromatic carbocycles. The summed E-state index contributed by atoms with van der Waals surface area (Å²) < 4.78 is 1.88. The number of hydrogen-bond donors (Lipinski definition) is 3. The summed E-state index contributed by atoms with van der Waals surface area (Å²) in [5.41, 5.74) is 3.78. The molecule has 0 spiro atoms. The number of Topliss-reactive ketones (excluding diaryl/α,β-unsaturated/α-hetero) is 1. The zero-order valence-electron chi connectivity index (χ0n) is 18.0. The molecule has 0 saturated heterocycles. The number of nitrogens with one attached hydrogen (secondary N) is 3. The van der Waals surface area contributed by atoms with Crippen molar-refractivity contribution in [2.75, 3.05) is 5.32 Å². The molecule has 3 heterocycles. The Morgan fingerprint density at radius 1 is 1.19 bits per heavy atom. The molecular weight excluding hydrogens is 408 g/mol. The van der Waals surface area contributed by atoms with Gasteiger partial charge in [0.15, 0.2) is 0 Å². The molecule has 1 saturated carbocycles. The molecule has 9 nitrogen and oxygen atoms in total. The Bertz CT molecular complexity index is 1240. The zero-order valence-corrected chi connectivity index (χ0v) is 18.0. The van der Waals surface area contributed by atoms with Gasteiger partial charge in [-0.3, -0.25) is 19.5 Å². The highest BCUT2D eigenvalue weighted by atomic mass is 16.2. The maximum absolute atomic E-state index is 13.2. The van der Waals surface area contributed by atoms with Gasteiger partial charge in [0, 0.05) is 24.1 Å². The number of fused-ring (bicyclic) bond motifs is 1. The predicted molar refractivity (Wildman–Crippen MR) is 116 cm³/mol. The van der Waals surface area contributed by atoms with Crippen molar-refractivity contribution in [2.24, 2.45) is 0 Å². The van der Waals surface area contributed by atoms with Crippen molar-refractivity contribution in [3.05, 3.63) is 64.2 Å². The molecule has 0 bridgehead atoms. The molecule has 5 rings (SSSR count). The van der Waals surface area contributed by atoms with E-state index in [1.165, 1.54) is 0 Å². The van der Waals surface area contributed by atoms with E-state index in [1.807, 2.05) is 35.8 Å². The van der Waals surface area contributed by atoms with E-state index in [2.05, 4.69) is 26.0 Å². The molecular formula is C23H24N6O3. The van der Waals surface area contributed by atoms with E-state index in [-0.39, 0.29) is 5.91 Å². The van der Waals surface area contributed by atoms with Crippen LogP contribution in [0.1, 0.15) is 62.6 Å². The third-order valence-electron chi connectivity index (χ3n) is 6.34. The summed E-state index contributed by atoms with van der Waals surface area (Å²) in [6.07, 6.45) is 4.52. The molecule has 0 atom stereocenters. The van der Waals surface area contributed by atoms with Crippen LogP contribution in [0.4, 0.5) is 5.69 Å². The van der Waals surface area contributed by atoms with Crippen molar-refractivity contribution in [2.45, 2.75) is 51.6 Å². The quantitative estimate of drug-likeness (QED) is 0.408. The Hall–Kier alpha value is -3.75. The van der Waals surface area contributed by atoms with Crippen LogP contribution >= 0.6 is 0 Å². The van der Waals surface area contributed by atoms with Crippen LogP contribution in [-0.2, 0) is 23.3 Å². The highest BCUT2D eigenvalue weighted by molar-refractivity contribution is 6.44. The average molecular weight is 432 g/mol. The maximum atomic E-state index is 13.2. The van der Waals surface area contributed by atoms with Crippen molar-refractivity contribution in [3.8, 4) is 0 Å². The number of nitrogens with zero attached hydrogens (tertiary/aromatic N) is 3. The van der Waals surface area contributed by atoms with Crippen LogP contribution in [0.25, 0.3) is 0 Å². The summed E-state index contributed by atoms with van der Waals surface area (Å²) >= 11 is 0. The molecule has 2 amide bonds. The van der Waals surface area contributed by atoms with Crippen LogP contribution in [0.5, 0.6) is 0 Å². The number of amides is 2. The number of rotatable bonds is 6. The second kappa shape index (κ2) is 7.44. The Balaban J connectivity index is 1.43. The van der Waals surface area contributed by atoms with Crippen LogP contribution in [0.3, 0.4) is 0 Å². The molecule has 32 heavy (non-hydrogen) atoms. The third kappa shape index (κ3) is 3.30. The van der Waals surface area contributed by atoms with E-state index in [1.54, 1.807) is 13.1 Å². The van der Waals surface area contributed by atoms with Crippen molar-refractivity contribution in [1.82, 2.24) is 25.3 Å². The first kappa shape index (κ1) is 20.2. The summed E-state index contributed by atoms with van der Waals surface area (Å²) in [4.78, 5) is 39.3. The number of carbonyl (C=O) groups is 3. The fraction of sp³-hybridized carbons (Fsp3) is 0.348. The number of ketones is 1. The lowest BCUT2D eigenvalue weighted by Gasteiger charge is -2.14. The van der Waals surface area contributed by atoms with Gasteiger partial charge in [-0.2, -0.15) is 0 Å². The average Bonchev–Trinajstić information content (AvgIpc) is 3.13. The van der Waals surface area contributed by atoms with Gasteiger partial charge in [-0.1, -0.05) is 17.3 Å². The van der Waals surface area contributed by atoms with E-state index >= 15 is 0 Å². The number of aromatic nitrogens is 4. The lowest BCUT2D eigenvalue weighted by Crippen LogP contribution is -2.40. The summed E-state index contributed by atoms with van der Waals surface area (Å²) in [6, 6.07) is 7.55. The highest BCUT2D eigenvalue weighted by Crippen LogP contribution is 2.44. The van der Waals surface area contributed by atoms with Crippen LogP contribution < -0.4 is 10.6 Å². The number of aromatic amines is 1. The molecule has 1 fully saturated rings. The second-order valence-corrected chi connectivity index (χ2v) is 8.60. The number of anilines is 1. The molecule has 3 aromatic rings. The lowest BCUT2D eigenvalue weighted by molar-refractivity contribution is -0.118. The topological polar surface area (TPSA) is 122 Å². The van der Waals surface area contributed by atoms with Crippen LogP contribution in [0, 0.1) is 13.8 Å². The molecule has 9 heteroatoms. The molecule has 1 aliphatic heterocycles. The number of benzene rings is 1. The van der Waals surface area contributed by atoms with Gasteiger partial charge in [0.25, 0.3) is 17.6 Å². The second-order valence-electron chi connectivity index (χ2n) is 8.60. The first-order valence-corrected chi connectivity index (χ1v) is 10.7. The molecule has 164 valence electrons. The van der Waals surface area contributed by atoms with Crippen LogP contribution in [-0.4, -0.2) is 37.6 Å². The van der Waals surface area contributed by atoms with Gasteiger partial charge >= 0.3 is 0 Å². The van der Waals surface area contributed by atoms with Crippen LogP contribution in [0.2, 0.25) is 0 Å². The van der Waals surface area contributed by atoms with Gasteiger partial charge in [0.2, 0.25) is 0 Å².